The van der Waals surface area contributed by atoms with Gasteiger partial charge in [0.1, 0.15) is 23.4 Å². The van der Waals surface area contributed by atoms with Crippen molar-refractivity contribution in [2.45, 2.75) is 97.8 Å². The van der Waals surface area contributed by atoms with Gasteiger partial charge in [-0.3, -0.25) is 9.59 Å². The lowest BCUT2D eigenvalue weighted by molar-refractivity contribution is -0.142. The smallest absolute Gasteiger partial charge is 0.408 e. The summed E-state index contributed by atoms with van der Waals surface area (Å²) < 4.78 is 5.49. The zero-order chi connectivity index (χ0) is 29.7. The molecule has 0 aliphatic heterocycles. The molecule has 2 rings (SSSR count). The van der Waals surface area contributed by atoms with Gasteiger partial charge >= 0.3 is 6.09 Å². The molecule has 0 aliphatic carbocycles. The molecule has 0 saturated heterocycles. The van der Waals surface area contributed by atoms with Crippen LogP contribution in [0.5, 0.6) is 5.75 Å². The van der Waals surface area contributed by atoms with Gasteiger partial charge in [-0.1, -0.05) is 69.5 Å². The van der Waals surface area contributed by atoms with Crippen LogP contribution in [0.3, 0.4) is 0 Å². The van der Waals surface area contributed by atoms with Crippen molar-refractivity contribution < 1.29 is 24.2 Å². The molecule has 2 atom stereocenters. The summed E-state index contributed by atoms with van der Waals surface area (Å²) in [6.45, 7) is 12.0. The quantitative estimate of drug-likeness (QED) is 0.256. The first-order chi connectivity index (χ1) is 19.0. The van der Waals surface area contributed by atoms with Crippen molar-refractivity contribution in [2.24, 2.45) is 0 Å². The number of ether oxygens (including phenoxy) is 1. The Labute approximate surface area is 239 Å². The summed E-state index contributed by atoms with van der Waals surface area (Å²) in [7, 11) is 0. The lowest BCUT2D eigenvalue weighted by atomic mass is 9.98. The van der Waals surface area contributed by atoms with Crippen molar-refractivity contribution in [2.75, 3.05) is 13.1 Å². The van der Waals surface area contributed by atoms with Gasteiger partial charge in [-0.05, 0) is 69.4 Å². The number of phenolic OH excluding ortho intramolecular Hbond substituents is 1. The van der Waals surface area contributed by atoms with Gasteiger partial charge in [0.2, 0.25) is 11.8 Å². The van der Waals surface area contributed by atoms with Crippen LogP contribution in [0.2, 0.25) is 0 Å². The van der Waals surface area contributed by atoms with Crippen molar-refractivity contribution in [3.05, 3.63) is 65.2 Å². The number of nitrogens with one attached hydrogen (secondary N) is 2. The Balaban J connectivity index is 2.52. The van der Waals surface area contributed by atoms with Crippen LogP contribution in [-0.4, -0.2) is 52.6 Å². The number of rotatable bonds is 14. The van der Waals surface area contributed by atoms with Crippen LogP contribution >= 0.6 is 0 Å². The number of amides is 3. The van der Waals surface area contributed by atoms with Crippen molar-refractivity contribution in [3.63, 3.8) is 0 Å². The topological polar surface area (TPSA) is 108 Å². The Morgan fingerprint density at radius 3 is 2.25 bits per heavy atom. The second-order valence-electron chi connectivity index (χ2n) is 11.2. The highest BCUT2D eigenvalue weighted by atomic mass is 16.6. The molecule has 2 aromatic rings. The molecule has 0 fully saturated rings. The molecular weight excluding hydrogens is 506 g/mol. The van der Waals surface area contributed by atoms with Crippen LogP contribution in [-0.2, 0) is 20.7 Å². The number of nitrogens with zero attached hydrogens (tertiary/aromatic N) is 1. The third-order valence-electron chi connectivity index (χ3n) is 6.48. The molecule has 8 nitrogen and oxygen atoms in total. The zero-order valence-electron chi connectivity index (χ0n) is 25.0. The molecule has 2 unspecified atom stereocenters. The second-order valence-corrected chi connectivity index (χ2v) is 11.2. The summed E-state index contributed by atoms with van der Waals surface area (Å²) in [5, 5.41) is 16.0. The lowest BCUT2D eigenvalue weighted by Crippen LogP contribution is -2.54. The number of hydrogen-bond acceptors (Lipinski definition) is 5. The average molecular weight is 554 g/mol. The molecule has 0 radical (unpaired) electrons. The number of benzene rings is 2. The highest BCUT2D eigenvalue weighted by Crippen LogP contribution is 2.28. The minimum absolute atomic E-state index is 0.117. The molecule has 0 heterocycles. The fraction of sp³-hybridized carbons (Fsp3) is 0.531. The predicted molar refractivity (Wildman–Crippen MR) is 158 cm³/mol. The SMILES string of the molecule is CCCCCNC(=O)C(c1ccc(O)c(C)c1)N(CCCC)C(=O)C(Cc1ccccc1)NC(=O)OC(C)(C)C. The molecule has 40 heavy (non-hydrogen) atoms. The minimum atomic E-state index is -0.956. The summed E-state index contributed by atoms with van der Waals surface area (Å²) in [4.78, 5) is 42.5. The number of alkyl carbamates (subject to hydrolysis) is 1. The van der Waals surface area contributed by atoms with Crippen LogP contribution in [0.25, 0.3) is 0 Å². The summed E-state index contributed by atoms with van der Waals surface area (Å²) in [5.74, 6) is -0.546. The number of carbonyl (C=O) groups excluding carboxylic acids is 3. The van der Waals surface area contributed by atoms with E-state index in [-0.39, 0.29) is 24.0 Å². The molecule has 0 aliphatic rings. The number of aromatic hydroxyl groups is 1. The van der Waals surface area contributed by atoms with E-state index in [1.165, 1.54) is 0 Å². The maximum Gasteiger partial charge on any atom is 0.408 e. The highest BCUT2D eigenvalue weighted by Gasteiger charge is 2.36. The van der Waals surface area contributed by atoms with Gasteiger partial charge in [-0.25, -0.2) is 4.79 Å². The summed E-state index contributed by atoms with van der Waals surface area (Å²) in [6, 6.07) is 12.5. The van der Waals surface area contributed by atoms with Crippen LogP contribution in [0.4, 0.5) is 4.79 Å². The van der Waals surface area contributed by atoms with Crippen molar-refractivity contribution in [1.82, 2.24) is 15.5 Å². The number of hydrogen-bond donors (Lipinski definition) is 3. The highest BCUT2D eigenvalue weighted by molar-refractivity contribution is 5.92. The first-order valence-electron chi connectivity index (χ1n) is 14.4. The maximum absolute atomic E-state index is 14.3. The Morgan fingerprint density at radius 1 is 0.975 bits per heavy atom. The molecule has 3 amide bonds. The molecule has 0 aromatic heterocycles. The molecule has 2 aromatic carbocycles. The van der Waals surface area contributed by atoms with Crippen LogP contribution < -0.4 is 10.6 Å². The van der Waals surface area contributed by atoms with E-state index in [1.54, 1.807) is 50.8 Å². The molecule has 3 N–H and O–H groups in total. The molecule has 0 saturated carbocycles. The largest absolute Gasteiger partial charge is 0.508 e. The third kappa shape index (κ3) is 10.5. The number of phenols is 1. The van der Waals surface area contributed by atoms with Gasteiger partial charge in [0.15, 0.2) is 0 Å². The standard InChI is InChI=1S/C32H47N3O5/c1-7-9-14-19-33-29(37)28(25-17-18-27(36)23(3)21-25)35(20-10-8-2)30(38)26(22-24-15-12-11-13-16-24)34-31(39)40-32(4,5)6/h11-13,15-18,21,26,28,36H,7-10,14,19-20,22H2,1-6H3,(H,33,37)(H,34,39). The monoisotopic (exact) mass is 553 g/mol. The van der Waals surface area contributed by atoms with E-state index in [0.717, 1.165) is 31.2 Å². The lowest BCUT2D eigenvalue weighted by Gasteiger charge is -2.35. The van der Waals surface area contributed by atoms with E-state index in [2.05, 4.69) is 17.6 Å². The molecule has 220 valence electrons. The van der Waals surface area contributed by atoms with Crippen molar-refractivity contribution in [1.29, 1.82) is 0 Å². The summed E-state index contributed by atoms with van der Waals surface area (Å²) >= 11 is 0. The normalized spacial score (nSPS) is 12.8. The van der Waals surface area contributed by atoms with Gasteiger partial charge in [0.25, 0.3) is 0 Å². The Morgan fingerprint density at radius 2 is 1.65 bits per heavy atom. The van der Waals surface area contributed by atoms with Gasteiger partial charge in [-0.2, -0.15) is 0 Å². The molecule has 8 heteroatoms. The van der Waals surface area contributed by atoms with Crippen LogP contribution in [0, 0.1) is 6.92 Å². The van der Waals surface area contributed by atoms with Crippen molar-refractivity contribution >= 4 is 17.9 Å². The molecular formula is C32H47N3O5. The van der Waals surface area contributed by atoms with Crippen molar-refractivity contribution in [3.8, 4) is 5.75 Å². The second kappa shape index (κ2) is 15.9. The summed E-state index contributed by atoms with van der Waals surface area (Å²) in [5.41, 5.74) is 1.34. The zero-order valence-corrected chi connectivity index (χ0v) is 25.0. The predicted octanol–water partition coefficient (Wildman–Crippen LogP) is 5.81. The number of unbranched alkanes of at least 4 members (excludes halogenated alkanes) is 3. The van der Waals surface area contributed by atoms with E-state index in [1.807, 2.05) is 37.3 Å². The van der Waals surface area contributed by atoms with E-state index in [9.17, 15) is 19.5 Å². The number of aryl methyl sites for hydroxylation is 1. The fourth-order valence-electron chi connectivity index (χ4n) is 4.40. The summed E-state index contributed by atoms with van der Waals surface area (Å²) in [6.07, 6.45) is 3.87. The molecule has 0 spiro atoms. The average Bonchev–Trinajstić information content (AvgIpc) is 2.89. The van der Waals surface area contributed by atoms with E-state index >= 15 is 0 Å². The Bertz CT molecular complexity index is 1100. The van der Waals surface area contributed by atoms with Crippen LogP contribution in [0.15, 0.2) is 48.5 Å². The van der Waals surface area contributed by atoms with Gasteiger partial charge in [0.05, 0.1) is 0 Å². The van der Waals surface area contributed by atoms with Gasteiger partial charge < -0.3 is 25.4 Å². The first-order valence-corrected chi connectivity index (χ1v) is 14.4. The van der Waals surface area contributed by atoms with Gasteiger partial charge in [0, 0.05) is 19.5 Å². The van der Waals surface area contributed by atoms with E-state index < -0.39 is 23.8 Å². The van der Waals surface area contributed by atoms with Gasteiger partial charge in [-0.15, -0.1) is 0 Å². The van der Waals surface area contributed by atoms with E-state index in [0.29, 0.717) is 30.6 Å². The minimum Gasteiger partial charge on any atom is -0.508 e. The third-order valence-corrected chi connectivity index (χ3v) is 6.48. The maximum atomic E-state index is 14.3. The van der Waals surface area contributed by atoms with Crippen LogP contribution in [0.1, 0.15) is 89.5 Å². The Kier molecular flexibility index (Phi) is 13.0. The first kappa shape index (κ1) is 32.7. The van der Waals surface area contributed by atoms with E-state index in [4.69, 9.17) is 4.74 Å². The Hall–Kier alpha value is -3.55. The fourth-order valence-corrected chi connectivity index (χ4v) is 4.40. The molecule has 0 bridgehead atoms. The number of carbonyl (C=O) groups is 3.